The van der Waals surface area contributed by atoms with E-state index in [1.54, 1.807) is 30.3 Å². The highest BCUT2D eigenvalue weighted by molar-refractivity contribution is 7.89. The number of aromatic hydroxyl groups is 1. The normalized spacial score (nSPS) is 11.3. The van der Waals surface area contributed by atoms with Crippen LogP contribution >= 0.6 is 0 Å². The van der Waals surface area contributed by atoms with Gasteiger partial charge in [-0.3, -0.25) is 0 Å². The van der Waals surface area contributed by atoms with E-state index < -0.39 is 16.0 Å². The molecular formula is C18H21NO5S. The van der Waals surface area contributed by atoms with Crippen molar-refractivity contribution in [2.45, 2.75) is 24.7 Å². The number of ether oxygens (including phenoxy) is 1. The second-order valence-corrected chi connectivity index (χ2v) is 7.25. The topological polar surface area (TPSA) is 92.7 Å². The van der Waals surface area contributed by atoms with Gasteiger partial charge in [-0.05, 0) is 48.2 Å². The van der Waals surface area contributed by atoms with Crippen LogP contribution in [-0.4, -0.2) is 33.1 Å². The molecule has 0 unspecified atom stereocenters. The highest BCUT2D eigenvalue weighted by atomic mass is 32.2. The number of carbonyl (C=O) groups is 1. The number of aryl methyl sites for hydroxylation is 1. The van der Waals surface area contributed by atoms with E-state index in [4.69, 9.17) is 4.74 Å². The molecule has 134 valence electrons. The Labute approximate surface area is 147 Å². The predicted octanol–water partition coefficient (Wildman–Crippen LogP) is 2.26. The van der Waals surface area contributed by atoms with Crippen molar-refractivity contribution in [2.24, 2.45) is 0 Å². The molecule has 0 aliphatic rings. The van der Waals surface area contributed by atoms with Gasteiger partial charge in [-0.2, -0.15) is 0 Å². The fraction of sp³-hybridized carbons (Fsp3) is 0.278. The minimum Gasteiger partial charge on any atom is -0.508 e. The first-order valence-electron chi connectivity index (χ1n) is 7.86. The number of sulfonamides is 1. The molecule has 0 bridgehead atoms. The Bertz CT molecular complexity index is 844. The molecule has 7 heteroatoms. The molecule has 2 N–H and O–H groups in total. The predicted molar refractivity (Wildman–Crippen MR) is 94.2 cm³/mol. The molecule has 0 radical (unpaired) electrons. The Hall–Kier alpha value is -2.38. The Morgan fingerprint density at radius 3 is 2.44 bits per heavy atom. The van der Waals surface area contributed by atoms with Crippen LogP contribution in [0.3, 0.4) is 0 Å². The quantitative estimate of drug-likeness (QED) is 0.736. The van der Waals surface area contributed by atoms with Crippen molar-refractivity contribution < 1.29 is 23.1 Å². The summed E-state index contributed by atoms with van der Waals surface area (Å²) < 4.78 is 32.1. The smallest absolute Gasteiger partial charge is 0.338 e. The maximum atomic E-state index is 12.4. The van der Waals surface area contributed by atoms with Gasteiger partial charge in [0.25, 0.3) is 0 Å². The molecule has 0 aromatic heterocycles. The lowest BCUT2D eigenvalue weighted by molar-refractivity contribution is 0.0599. The molecule has 2 aromatic rings. The summed E-state index contributed by atoms with van der Waals surface area (Å²) in [5.74, 6) is -0.395. The number of rotatable bonds is 7. The zero-order chi connectivity index (χ0) is 18.4. The summed E-state index contributed by atoms with van der Waals surface area (Å²) in [6, 6.07) is 11.0. The van der Waals surface area contributed by atoms with Gasteiger partial charge in [-0.25, -0.2) is 17.9 Å². The van der Waals surface area contributed by atoms with Crippen molar-refractivity contribution in [3.63, 3.8) is 0 Å². The number of phenolic OH excluding ortho intramolecular Hbond substituents is 1. The number of hydrogen-bond acceptors (Lipinski definition) is 5. The van der Waals surface area contributed by atoms with Gasteiger partial charge in [0.15, 0.2) is 0 Å². The second kappa shape index (κ2) is 8.13. The van der Waals surface area contributed by atoms with E-state index in [0.29, 0.717) is 12.8 Å². The zero-order valence-corrected chi connectivity index (χ0v) is 15.0. The lowest BCUT2D eigenvalue weighted by Crippen LogP contribution is -2.26. The van der Waals surface area contributed by atoms with Crippen LogP contribution in [0, 0.1) is 0 Å². The molecule has 0 aliphatic heterocycles. The Kier molecular flexibility index (Phi) is 6.17. The van der Waals surface area contributed by atoms with E-state index in [0.717, 1.165) is 11.1 Å². The highest BCUT2D eigenvalue weighted by Gasteiger charge is 2.18. The first kappa shape index (κ1) is 19.0. The lowest BCUT2D eigenvalue weighted by atomic mass is 10.1. The molecule has 0 atom stereocenters. The largest absolute Gasteiger partial charge is 0.508 e. The first-order valence-corrected chi connectivity index (χ1v) is 9.34. The molecule has 25 heavy (non-hydrogen) atoms. The van der Waals surface area contributed by atoms with E-state index >= 15 is 0 Å². The van der Waals surface area contributed by atoms with Gasteiger partial charge in [-0.15, -0.1) is 0 Å². The number of methoxy groups -OCH3 is 1. The summed E-state index contributed by atoms with van der Waals surface area (Å²) in [7, 11) is -2.47. The lowest BCUT2D eigenvalue weighted by Gasteiger charge is -2.11. The molecule has 0 heterocycles. The van der Waals surface area contributed by atoms with Gasteiger partial charge in [0, 0.05) is 6.54 Å². The molecule has 0 saturated heterocycles. The minimum absolute atomic E-state index is 0.0239. The molecule has 6 nitrogen and oxygen atoms in total. The van der Waals surface area contributed by atoms with Crippen LogP contribution < -0.4 is 4.72 Å². The fourth-order valence-electron chi connectivity index (χ4n) is 2.41. The van der Waals surface area contributed by atoms with Crippen molar-refractivity contribution >= 4 is 16.0 Å². The van der Waals surface area contributed by atoms with Crippen molar-refractivity contribution in [2.75, 3.05) is 13.7 Å². The summed E-state index contributed by atoms with van der Waals surface area (Å²) in [6.45, 7) is 2.09. The van der Waals surface area contributed by atoms with E-state index in [-0.39, 0.29) is 22.8 Å². The fourth-order valence-corrected chi connectivity index (χ4v) is 3.46. The molecule has 0 spiro atoms. The van der Waals surface area contributed by atoms with E-state index in [1.807, 2.05) is 6.92 Å². The highest BCUT2D eigenvalue weighted by Crippen LogP contribution is 2.18. The summed E-state index contributed by atoms with van der Waals surface area (Å²) >= 11 is 0. The summed E-state index contributed by atoms with van der Waals surface area (Å²) in [4.78, 5) is 11.9. The van der Waals surface area contributed by atoms with Crippen molar-refractivity contribution in [1.82, 2.24) is 4.72 Å². The molecule has 2 rings (SSSR count). The van der Waals surface area contributed by atoms with E-state index in [9.17, 15) is 18.3 Å². The Morgan fingerprint density at radius 1 is 1.16 bits per heavy atom. The molecule has 0 fully saturated rings. The van der Waals surface area contributed by atoms with Gasteiger partial charge in [0.2, 0.25) is 10.0 Å². The standard InChI is InChI=1S/C18H21NO5S/c1-3-14-6-9-16(12-17(14)18(21)24-2)25(22,23)19-11-10-13-4-7-15(20)8-5-13/h4-9,12,19-20H,3,10-11H2,1-2H3. The third kappa shape index (κ3) is 4.80. The van der Waals surface area contributed by atoms with Crippen LogP contribution in [-0.2, 0) is 27.6 Å². The SMILES string of the molecule is CCc1ccc(S(=O)(=O)NCCc2ccc(O)cc2)cc1C(=O)OC. The van der Waals surface area contributed by atoms with E-state index in [2.05, 4.69) is 4.72 Å². The maximum absolute atomic E-state index is 12.4. The van der Waals surface area contributed by atoms with Crippen LogP contribution in [0.1, 0.15) is 28.4 Å². The van der Waals surface area contributed by atoms with Crippen molar-refractivity contribution in [3.05, 3.63) is 59.2 Å². The van der Waals surface area contributed by atoms with Gasteiger partial charge in [-0.1, -0.05) is 25.1 Å². The molecule has 0 saturated carbocycles. The number of benzene rings is 2. The zero-order valence-electron chi connectivity index (χ0n) is 14.2. The van der Waals surface area contributed by atoms with Crippen LogP contribution in [0.5, 0.6) is 5.75 Å². The average molecular weight is 363 g/mol. The maximum Gasteiger partial charge on any atom is 0.338 e. The molecule has 0 aliphatic carbocycles. The summed E-state index contributed by atoms with van der Waals surface area (Å²) in [5.41, 5.74) is 1.89. The number of nitrogens with one attached hydrogen (secondary N) is 1. The average Bonchev–Trinajstić information content (AvgIpc) is 2.62. The Morgan fingerprint density at radius 2 is 1.84 bits per heavy atom. The first-order chi connectivity index (χ1) is 11.9. The molecule has 0 amide bonds. The summed E-state index contributed by atoms with van der Waals surface area (Å²) in [5, 5.41) is 9.24. The number of phenols is 1. The van der Waals surface area contributed by atoms with Gasteiger partial charge in [0.05, 0.1) is 17.6 Å². The Balaban J connectivity index is 2.13. The van der Waals surface area contributed by atoms with Gasteiger partial charge >= 0.3 is 5.97 Å². The molecule has 2 aromatic carbocycles. The third-order valence-corrected chi connectivity index (χ3v) is 5.28. The van der Waals surface area contributed by atoms with Crippen LogP contribution in [0.15, 0.2) is 47.4 Å². The number of esters is 1. The number of carbonyl (C=O) groups excluding carboxylic acids is 1. The minimum atomic E-state index is -3.73. The van der Waals surface area contributed by atoms with Crippen LogP contribution in [0.4, 0.5) is 0 Å². The van der Waals surface area contributed by atoms with E-state index in [1.165, 1.54) is 19.2 Å². The van der Waals surface area contributed by atoms with Gasteiger partial charge in [0.1, 0.15) is 5.75 Å². The monoisotopic (exact) mass is 363 g/mol. The van der Waals surface area contributed by atoms with Crippen molar-refractivity contribution in [1.29, 1.82) is 0 Å². The third-order valence-electron chi connectivity index (χ3n) is 3.82. The van der Waals surface area contributed by atoms with Gasteiger partial charge < -0.3 is 9.84 Å². The second-order valence-electron chi connectivity index (χ2n) is 5.48. The summed E-state index contributed by atoms with van der Waals surface area (Å²) in [6.07, 6.45) is 1.08. The number of hydrogen-bond donors (Lipinski definition) is 2. The van der Waals surface area contributed by atoms with Crippen LogP contribution in [0.25, 0.3) is 0 Å². The molecular weight excluding hydrogens is 342 g/mol. The van der Waals surface area contributed by atoms with Crippen molar-refractivity contribution in [3.8, 4) is 5.75 Å². The van der Waals surface area contributed by atoms with Crippen LogP contribution in [0.2, 0.25) is 0 Å².